The Hall–Kier alpha value is -2.72. The van der Waals surface area contributed by atoms with Crippen LogP contribution in [0.25, 0.3) is 0 Å². The van der Waals surface area contributed by atoms with Gasteiger partial charge in [0, 0.05) is 12.0 Å². The smallest absolute Gasteiger partial charge is 0.300 e. The molecule has 1 saturated carbocycles. The number of carbonyl (C=O) groups excluding carboxylic acids is 2. The van der Waals surface area contributed by atoms with E-state index in [0.717, 1.165) is 17.5 Å². The van der Waals surface area contributed by atoms with Crippen LogP contribution >= 0.6 is 0 Å². The lowest BCUT2D eigenvalue weighted by Crippen LogP contribution is -2.49. The standard InChI is InChI=1S/C25H32N2O2/c1-6-18-27(22(28)17-11-15-20-13-8-9-14-20)23(24(29)26-25(3,4)5)21-16-10-7-12-19(21)2/h1,7,10,12,16,20,23H,8-9,13-15,18H2,2-5H3,(H,26,29). The summed E-state index contributed by atoms with van der Waals surface area (Å²) in [5.74, 6) is 8.22. The molecule has 0 bridgehead atoms. The topological polar surface area (TPSA) is 49.4 Å². The Morgan fingerprint density at radius 1 is 1.24 bits per heavy atom. The Bertz CT molecular complexity index is 827. The van der Waals surface area contributed by atoms with Crippen molar-refractivity contribution in [3.05, 3.63) is 35.4 Å². The molecule has 0 aromatic heterocycles. The van der Waals surface area contributed by atoms with Crippen LogP contribution < -0.4 is 5.32 Å². The number of terminal acetylenes is 1. The highest BCUT2D eigenvalue weighted by Crippen LogP contribution is 2.27. The predicted molar refractivity (Wildman–Crippen MR) is 117 cm³/mol. The Morgan fingerprint density at radius 2 is 1.90 bits per heavy atom. The van der Waals surface area contributed by atoms with Crippen LogP contribution in [0.5, 0.6) is 0 Å². The molecule has 4 nitrogen and oxygen atoms in total. The van der Waals surface area contributed by atoms with Crippen molar-refractivity contribution < 1.29 is 9.59 Å². The average Bonchev–Trinajstić information content (AvgIpc) is 3.14. The van der Waals surface area contributed by atoms with Crippen molar-refractivity contribution in [3.63, 3.8) is 0 Å². The van der Waals surface area contributed by atoms with Crippen LogP contribution in [0.3, 0.4) is 0 Å². The van der Waals surface area contributed by atoms with E-state index in [0.29, 0.717) is 5.92 Å². The molecule has 2 amide bonds. The van der Waals surface area contributed by atoms with Crippen LogP contribution in [-0.4, -0.2) is 28.8 Å². The number of carbonyl (C=O) groups is 2. The molecule has 4 heteroatoms. The largest absolute Gasteiger partial charge is 0.349 e. The van der Waals surface area contributed by atoms with Gasteiger partial charge in [-0.2, -0.15) is 0 Å². The van der Waals surface area contributed by atoms with E-state index in [1.54, 1.807) is 0 Å². The van der Waals surface area contributed by atoms with E-state index in [4.69, 9.17) is 6.42 Å². The van der Waals surface area contributed by atoms with Crippen molar-refractivity contribution >= 4 is 11.8 Å². The van der Waals surface area contributed by atoms with Crippen LogP contribution in [-0.2, 0) is 9.59 Å². The summed E-state index contributed by atoms with van der Waals surface area (Å²) < 4.78 is 0. The van der Waals surface area contributed by atoms with Gasteiger partial charge in [-0.05, 0) is 63.5 Å². The van der Waals surface area contributed by atoms with E-state index < -0.39 is 17.5 Å². The zero-order valence-electron chi connectivity index (χ0n) is 18.0. The third kappa shape index (κ3) is 6.68. The number of nitrogens with zero attached hydrogens (tertiary/aromatic N) is 1. The highest BCUT2D eigenvalue weighted by atomic mass is 16.2. The van der Waals surface area contributed by atoms with Crippen molar-refractivity contribution in [1.82, 2.24) is 10.2 Å². The molecule has 1 aromatic carbocycles. The Balaban J connectivity index is 2.34. The summed E-state index contributed by atoms with van der Waals surface area (Å²) in [6.45, 7) is 7.68. The fraction of sp³-hybridized carbons (Fsp3) is 0.520. The molecule has 0 aliphatic heterocycles. The molecule has 0 spiro atoms. The third-order valence-corrected chi connectivity index (χ3v) is 5.12. The van der Waals surface area contributed by atoms with Crippen LogP contribution in [0.2, 0.25) is 0 Å². The number of hydrogen-bond donors (Lipinski definition) is 1. The second-order valence-electron chi connectivity index (χ2n) is 8.79. The lowest BCUT2D eigenvalue weighted by Gasteiger charge is -2.32. The van der Waals surface area contributed by atoms with E-state index in [1.807, 2.05) is 52.0 Å². The van der Waals surface area contributed by atoms with Gasteiger partial charge in [0.1, 0.15) is 6.04 Å². The van der Waals surface area contributed by atoms with Gasteiger partial charge >= 0.3 is 0 Å². The quantitative estimate of drug-likeness (QED) is 0.770. The number of hydrogen-bond acceptors (Lipinski definition) is 2. The molecule has 1 unspecified atom stereocenters. The van der Waals surface area contributed by atoms with Gasteiger partial charge in [0.25, 0.3) is 5.91 Å². The first-order valence-electron chi connectivity index (χ1n) is 10.3. The van der Waals surface area contributed by atoms with Gasteiger partial charge in [0.2, 0.25) is 5.91 Å². The van der Waals surface area contributed by atoms with Crippen LogP contribution in [0, 0.1) is 37.0 Å². The monoisotopic (exact) mass is 392 g/mol. The van der Waals surface area contributed by atoms with Gasteiger partial charge in [-0.15, -0.1) is 6.42 Å². The van der Waals surface area contributed by atoms with Gasteiger partial charge in [-0.25, -0.2) is 0 Å². The average molecular weight is 393 g/mol. The Kier molecular flexibility index (Phi) is 7.91. The molecule has 29 heavy (non-hydrogen) atoms. The molecule has 2 rings (SSSR count). The van der Waals surface area contributed by atoms with Crippen LogP contribution in [0.15, 0.2) is 24.3 Å². The van der Waals surface area contributed by atoms with E-state index in [1.165, 1.54) is 30.6 Å². The molecule has 1 N–H and O–H groups in total. The molecular weight excluding hydrogens is 360 g/mol. The van der Waals surface area contributed by atoms with Crippen molar-refractivity contribution in [1.29, 1.82) is 0 Å². The van der Waals surface area contributed by atoms with Crippen LogP contribution in [0.1, 0.15) is 70.0 Å². The number of aryl methyl sites for hydroxylation is 1. The lowest BCUT2D eigenvalue weighted by molar-refractivity contribution is -0.137. The molecule has 1 aromatic rings. The molecule has 0 saturated heterocycles. The highest BCUT2D eigenvalue weighted by Gasteiger charge is 2.33. The zero-order chi connectivity index (χ0) is 21.4. The first-order valence-corrected chi connectivity index (χ1v) is 10.3. The van der Waals surface area contributed by atoms with Gasteiger partial charge in [-0.1, -0.05) is 48.9 Å². The molecule has 1 fully saturated rings. The minimum absolute atomic E-state index is 0.0213. The summed E-state index contributed by atoms with van der Waals surface area (Å²) in [7, 11) is 0. The molecule has 1 aliphatic rings. The number of benzene rings is 1. The second kappa shape index (κ2) is 10.2. The minimum atomic E-state index is -0.820. The maximum absolute atomic E-state index is 13.2. The van der Waals surface area contributed by atoms with E-state index >= 15 is 0 Å². The Morgan fingerprint density at radius 3 is 2.48 bits per heavy atom. The summed E-state index contributed by atoms with van der Waals surface area (Å²) in [5.41, 5.74) is 1.25. The van der Waals surface area contributed by atoms with E-state index in [2.05, 4.69) is 23.1 Å². The summed E-state index contributed by atoms with van der Waals surface area (Å²) in [5, 5.41) is 2.99. The van der Waals surface area contributed by atoms with Gasteiger partial charge in [0.05, 0.1) is 6.54 Å². The van der Waals surface area contributed by atoms with Gasteiger partial charge < -0.3 is 10.2 Å². The third-order valence-electron chi connectivity index (χ3n) is 5.12. The SMILES string of the molecule is C#CCN(C(=O)C#CCC1CCCC1)C(C(=O)NC(C)(C)C)c1ccccc1C. The van der Waals surface area contributed by atoms with Crippen molar-refractivity contribution in [2.45, 2.75) is 71.4 Å². The van der Waals surface area contributed by atoms with Crippen LogP contribution in [0.4, 0.5) is 0 Å². The fourth-order valence-corrected chi connectivity index (χ4v) is 3.72. The van der Waals surface area contributed by atoms with Crippen molar-refractivity contribution in [2.75, 3.05) is 6.54 Å². The molecule has 1 atom stereocenters. The maximum Gasteiger partial charge on any atom is 0.300 e. The first kappa shape index (κ1) is 22.6. The van der Waals surface area contributed by atoms with Gasteiger partial charge in [0.15, 0.2) is 0 Å². The molecular formula is C25H32N2O2. The predicted octanol–water partition coefficient (Wildman–Crippen LogP) is 4.00. The zero-order valence-corrected chi connectivity index (χ0v) is 18.0. The number of nitrogens with one attached hydrogen (secondary N) is 1. The summed E-state index contributed by atoms with van der Waals surface area (Å²) in [6, 6.07) is 6.75. The molecule has 1 aliphatic carbocycles. The van der Waals surface area contributed by atoms with Crippen molar-refractivity contribution in [2.24, 2.45) is 5.92 Å². The highest BCUT2D eigenvalue weighted by molar-refractivity contribution is 5.97. The van der Waals surface area contributed by atoms with Gasteiger partial charge in [-0.3, -0.25) is 9.59 Å². The maximum atomic E-state index is 13.2. The summed E-state index contributed by atoms with van der Waals surface area (Å²) >= 11 is 0. The first-order chi connectivity index (χ1) is 13.7. The normalized spacial score (nSPS) is 15.0. The number of amides is 2. The lowest BCUT2D eigenvalue weighted by atomic mass is 9.97. The fourth-order valence-electron chi connectivity index (χ4n) is 3.72. The van der Waals surface area contributed by atoms with Crippen molar-refractivity contribution in [3.8, 4) is 24.2 Å². The van der Waals surface area contributed by atoms with E-state index in [9.17, 15) is 9.59 Å². The summed E-state index contributed by atoms with van der Waals surface area (Å²) in [6.07, 6.45) is 11.1. The number of rotatable bonds is 5. The minimum Gasteiger partial charge on any atom is -0.349 e. The molecule has 0 radical (unpaired) electrons. The van der Waals surface area contributed by atoms with E-state index in [-0.39, 0.29) is 12.5 Å². The Labute approximate surface area is 175 Å². The molecule has 0 heterocycles. The molecule has 154 valence electrons. The summed E-state index contributed by atoms with van der Waals surface area (Å²) in [4.78, 5) is 27.6. The second-order valence-corrected chi connectivity index (χ2v) is 8.79.